The van der Waals surface area contributed by atoms with Gasteiger partial charge in [-0.25, -0.2) is 0 Å². The number of hydrogen-bond acceptors (Lipinski definition) is 4. The maximum absolute atomic E-state index is 6.41. The summed E-state index contributed by atoms with van der Waals surface area (Å²) in [4.78, 5) is 2.32. The molecular weight excluding hydrogens is 711 g/mol. The summed E-state index contributed by atoms with van der Waals surface area (Å²) in [5.41, 5.74) is 15.3. The number of rotatable bonds is 6. The molecule has 58 heavy (non-hydrogen) atoms. The largest absolute Gasteiger partial charge is 0.456 e. The van der Waals surface area contributed by atoms with Crippen molar-refractivity contribution in [3.63, 3.8) is 0 Å². The molecule has 0 unspecified atom stereocenters. The summed E-state index contributed by atoms with van der Waals surface area (Å²) < 4.78 is 18.6. The van der Waals surface area contributed by atoms with Gasteiger partial charge >= 0.3 is 0 Å². The third-order valence-corrected chi connectivity index (χ3v) is 11.5. The first-order chi connectivity index (χ1) is 28.7. The van der Waals surface area contributed by atoms with Gasteiger partial charge in [0.25, 0.3) is 0 Å². The summed E-state index contributed by atoms with van der Waals surface area (Å²) in [5.74, 6) is 0. The number of nitrogens with zero attached hydrogens (tertiary/aromatic N) is 1. The van der Waals surface area contributed by atoms with Gasteiger partial charge in [0.15, 0.2) is 0 Å². The molecule has 272 valence electrons. The number of anilines is 3. The Labute approximate surface area is 333 Å². The summed E-state index contributed by atoms with van der Waals surface area (Å²) in [6.07, 6.45) is 0. The average molecular weight is 744 g/mol. The van der Waals surface area contributed by atoms with Crippen molar-refractivity contribution in [2.45, 2.75) is 0 Å². The highest BCUT2D eigenvalue weighted by atomic mass is 16.3. The molecule has 9 aromatic carbocycles. The van der Waals surface area contributed by atoms with Crippen molar-refractivity contribution < 1.29 is 13.3 Å². The first-order valence-corrected chi connectivity index (χ1v) is 19.6. The van der Waals surface area contributed by atoms with Gasteiger partial charge in [-0.1, -0.05) is 121 Å². The molecule has 12 aromatic rings. The van der Waals surface area contributed by atoms with E-state index in [0.717, 1.165) is 116 Å². The third kappa shape index (κ3) is 5.23. The van der Waals surface area contributed by atoms with E-state index in [1.54, 1.807) is 0 Å². The normalized spacial score (nSPS) is 11.8. The lowest BCUT2D eigenvalue weighted by Gasteiger charge is -2.26. The molecule has 0 amide bonds. The van der Waals surface area contributed by atoms with Crippen molar-refractivity contribution in [3.05, 3.63) is 200 Å². The zero-order valence-corrected chi connectivity index (χ0v) is 31.2. The van der Waals surface area contributed by atoms with Crippen LogP contribution in [-0.4, -0.2) is 0 Å². The van der Waals surface area contributed by atoms with Gasteiger partial charge in [-0.05, 0) is 107 Å². The van der Waals surface area contributed by atoms with Gasteiger partial charge in [-0.2, -0.15) is 0 Å². The molecule has 0 spiro atoms. The van der Waals surface area contributed by atoms with Gasteiger partial charge in [0.1, 0.15) is 33.5 Å². The van der Waals surface area contributed by atoms with E-state index in [1.807, 2.05) is 36.4 Å². The minimum atomic E-state index is 0.897. The summed E-state index contributed by atoms with van der Waals surface area (Å²) in [7, 11) is 0. The van der Waals surface area contributed by atoms with Crippen LogP contribution in [0.25, 0.3) is 99.2 Å². The molecular formula is C54H33NO3. The average Bonchev–Trinajstić information content (AvgIpc) is 3.98. The van der Waals surface area contributed by atoms with Gasteiger partial charge in [0, 0.05) is 54.9 Å². The van der Waals surface area contributed by atoms with Crippen molar-refractivity contribution in [3.8, 4) is 33.4 Å². The predicted molar refractivity (Wildman–Crippen MR) is 239 cm³/mol. The SMILES string of the molecule is c1ccc2c(c1)oc1ccc(-c3ccc(N(c4ccc(-c5ccc6oc7ccccc7c6c5)cc4)c4ccc(-c5cccc6c5oc5ccccc56)cc4)cc3)cc12. The van der Waals surface area contributed by atoms with Gasteiger partial charge in [-0.3, -0.25) is 0 Å². The molecule has 0 saturated heterocycles. The highest BCUT2D eigenvalue weighted by Crippen LogP contribution is 2.41. The summed E-state index contributed by atoms with van der Waals surface area (Å²) in [6.45, 7) is 0. The van der Waals surface area contributed by atoms with Crippen LogP contribution in [-0.2, 0) is 0 Å². The van der Waals surface area contributed by atoms with Crippen LogP contribution in [0.2, 0.25) is 0 Å². The number of hydrogen-bond donors (Lipinski definition) is 0. The second kappa shape index (κ2) is 12.9. The van der Waals surface area contributed by atoms with Crippen molar-refractivity contribution in [2.75, 3.05) is 4.90 Å². The second-order valence-electron chi connectivity index (χ2n) is 14.9. The summed E-state index contributed by atoms with van der Waals surface area (Å²) in [5, 5.41) is 6.76. The van der Waals surface area contributed by atoms with Crippen molar-refractivity contribution in [1.82, 2.24) is 0 Å². The molecule has 4 heteroatoms. The van der Waals surface area contributed by atoms with Crippen LogP contribution in [0.1, 0.15) is 0 Å². The molecule has 0 aliphatic carbocycles. The molecule has 12 rings (SSSR count). The molecule has 0 saturated carbocycles. The highest BCUT2D eigenvalue weighted by molar-refractivity contribution is 6.10. The fraction of sp³-hybridized carbons (Fsp3) is 0. The monoisotopic (exact) mass is 743 g/mol. The van der Waals surface area contributed by atoms with E-state index in [-0.39, 0.29) is 0 Å². The van der Waals surface area contributed by atoms with Crippen molar-refractivity contribution >= 4 is 82.9 Å². The van der Waals surface area contributed by atoms with Gasteiger partial charge in [0.2, 0.25) is 0 Å². The maximum atomic E-state index is 6.41. The van der Waals surface area contributed by atoms with Gasteiger partial charge < -0.3 is 18.2 Å². The van der Waals surface area contributed by atoms with Crippen molar-refractivity contribution in [1.29, 1.82) is 0 Å². The van der Waals surface area contributed by atoms with Crippen LogP contribution in [0.15, 0.2) is 213 Å². The minimum Gasteiger partial charge on any atom is -0.456 e. The van der Waals surface area contributed by atoms with Crippen LogP contribution in [0.4, 0.5) is 17.1 Å². The highest BCUT2D eigenvalue weighted by Gasteiger charge is 2.17. The first-order valence-electron chi connectivity index (χ1n) is 19.6. The number of fused-ring (bicyclic) bond motifs is 9. The number of furan rings is 3. The second-order valence-corrected chi connectivity index (χ2v) is 14.9. The molecule has 0 aliphatic heterocycles. The van der Waals surface area contributed by atoms with Crippen LogP contribution in [0.5, 0.6) is 0 Å². The topological polar surface area (TPSA) is 42.7 Å². The lowest BCUT2D eigenvalue weighted by atomic mass is 10.0. The molecule has 3 heterocycles. The van der Waals surface area contributed by atoms with Crippen LogP contribution in [0.3, 0.4) is 0 Å². The Hall–Kier alpha value is -7.82. The number of benzene rings is 9. The molecule has 0 aliphatic rings. The lowest BCUT2D eigenvalue weighted by molar-refractivity contribution is 0.668. The van der Waals surface area contributed by atoms with E-state index in [4.69, 9.17) is 13.3 Å². The molecule has 0 fully saturated rings. The lowest BCUT2D eigenvalue weighted by Crippen LogP contribution is -2.09. The number of para-hydroxylation sites is 4. The maximum Gasteiger partial charge on any atom is 0.143 e. The smallest absolute Gasteiger partial charge is 0.143 e. The Morgan fingerprint density at radius 1 is 0.259 bits per heavy atom. The minimum absolute atomic E-state index is 0.897. The molecule has 4 nitrogen and oxygen atoms in total. The zero-order chi connectivity index (χ0) is 38.2. The zero-order valence-electron chi connectivity index (χ0n) is 31.2. The van der Waals surface area contributed by atoms with E-state index in [2.05, 4.69) is 169 Å². The Morgan fingerprint density at radius 2 is 0.638 bits per heavy atom. The molecule has 0 atom stereocenters. The first kappa shape index (κ1) is 32.4. The third-order valence-electron chi connectivity index (χ3n) is 11.5. The van der Waals surface area contributed by atoms with Crippen LogP contribution in [0, 0.1) is 0 Å². The Kier molecular flexibility index (Phi) is 7.20. The van der Waals surface area contributed by atoms with E-state index in [0.29, 0.717) is 0 Å². The summed E-state index contributed by atoms with van der Waals surface area (Å²) >= 11 is 0. The Balaban J connectivity index is 0.935. The van der Waals surface area contributed by atoms with Crippen molar-refractivity contribution in [2.24, 2.45) is 0 Å². The molecule has 0 N–H and O–H groups in total. The van der Waals surface area contributed by atoms with E-state index < -0.39 is 0 Å². The predicted octanol–water partition coefficient (Wildman–Crippen LogP) is 15.9. The molecule has 0 bridgehead atoms. The van der Waals surface area contributed by atoms with Gasteiger partial charge in [0.05, 0.1) is 0 Å². The molecule has 0 radical (unpaired) electrons. The standard InChI is InChI=1S/C54H33NO3/c1-6-15-51-43(8-1)46-12-7-11-42(54(46)58-51)36-20-28-41(29-21-36)55(39-24-16-34(17-25-39)37-22-30-52-47(32-37)44-9-2-4-13-49(44)56-52)40-26-18-35(19-27-40)38-23-31-53-48(33-38)45-10-3-5-14-50(45)57-53/h1-33H. The van der Waals surface area contributed by atoms with Gasteiger partial charge in [-0.15, -0.1) is 0 Å². The van der Waals surface area contributed by atoms with E-state index >= 15 is 0 Å². The summed E-state index contributed by atoms with van der Waals surface area (Å²) in [6, 6.07) is 70.5. The Bertz CT molecular complexity index is 3340. The van der Waals surface area contributed by atoms with E-state index in [1.165, 1.54) is 0 Å². The Morgan fingerprint density at radius 3 is 1.14 bits per heavy atom. The van der Waals surface area contributed by atoms with Crippen LogP contribution < -0.4 is 4.90 Å². The molecule has 3 aromatic heterocycles. The fourth-order valence-electron chi connectivity index (χ4n) is 8.63. The fourth-order valence-corrected chi connectivity index (χ4v) is 8.63. The quantitative estimate of drug-likeness (QED) is 0.170. The van der Waals surface area contributed by atoms with Crippen LogP contribution >= 0.6 is 0 Å². The van der Waals surface area contributed by atoms with E-state index in [9.17, 15) is 0 Å².